The summed E-state index contributed by atoms with van der Waals surface area (Å²) in [6.45, 7) is 1.74. The van der Waals surface area contributed by atoms with Crippen molar-refractivity contribution in [2.45, 2.75) is 17.0 Å². The molecule has 0 radical (unpaired) electrons. The van der Waals surface area contributed by atoms with E-state index in [1.807, 2.05) is 12.1 Å². The molecule has 0 saturated carbocycles. The molecule has 2 rings (SSSR count). The standard InChI is InChI=1S/C10H11N3O2S/c1-6-12-13-10(15-6)16-8-5-3-4-7(14-2)9(8)11/h3-5H,11H2,1-2H3. The molecule has 0 saturated heterocycles. The number of methoxy groups -OCH3 is 1. The van der Waals surface area contributed by atoms with Crippen LogP contribution in [0.5, 0.6) is 5.75 Å². The fourth-order valence-corrected chi connectivity index (χ4v) is 1.99. The third-order valence-electron chi connectivity index (χ3n) is 1.95. The Morgan fingerprint density at radius 3 is 2.81 bits per heavy atom. The summed E-state index contributed by atoms with van der Waals surface area (Å²) in [6, 6.07) is 5.54. The van der Waals surface area contributed by atoms with E-state index in [1.165, 1.54) is 11.8 Å². The van der Waals surface area contributed by atoms with E-state index in [9.17, 15) is 0 Å². The Hall–Kier alpha value is -1.69. The van der Waals surface area contributed by atoms with Gasteiger partial charge in [-0.2, -0.15) is 0 Å². The lowest BCUT2D eigenvalue weighted by atomic mass is 10.3. The van der Waals surface area contributed by atoms with Gasteiger partial charge in [-0.3, -0.25) is 0 Å². The lowest BCUT2D eigenvalue weighted by Crippen LogP contribution is -1.93. The van der Waals surface area contributed by atoms with Gasteiger partial charge in [0.05, 0.1) is 12.8 Å². The molecular weight excluding hydrogens is 226 g/mol. The number of ether oxygens (including phenoxy) is 1. The summed E-state index contributed by atoms with van der Waals surface area (Å²) in [5, 5.41) is 8.10. The van der Waals surface area contributed by atoms with Gasteiger partial charge in [-0.05, 0) is 23.9 Å². The van der Waals surface area contributed by atoms with Gasteiger partial charge in [0.2, 0.25) is 5.89 Å². The number of benzene rings is 1. The second-order valence-corrected chi connectivity index (χ2v) is 4.05. The summed E-state index contributed by atoms with van der Waals surface area (Å²) in [5.74, 6) is 1.17. The molecule has 0 aliphatic heterocycles. The molecule has 0 aliphatic rings. The quantitative estimate of drug-likeness (QED) is 0.824. The highest BCUT2D eigenvalue weighted by molar-refractivity contribution is 7.99. The van der Waals surface area contributed by atoms with Crippen LogP contribution < -0.4 is 10.5 Å². The van der Waals surface area contributed by atoms with Crippen molar-refractivity contribution in [2.75, 3.05) is 12.8 Å². The molecule has 0 spiro atoms. The highest BCUT2D eigenvalue weighted by Crippen LogP contribution is 2.35. The van der Waals surface area contributed by atoms with E-state index in [0.717, 1.165) is 4.90 Å². The third-order valence-corrected chi connectivity index (χ3v) is 2.87. The van der Waals surface area contributed by atoms with Gasteiger partial charge in [0.1, 0.15) is 5.75 Å². The average molecular weight is 237 g/mol. The van der Waals surface area contributed by atoms with Gasteiger partial charge in [-0.15, -0.1) is 10.2 Å². The monoisotopic (exact) mass is 237 g/mol. The summed E-state index contributed by atoms with van der Waals surface area (Å²) >= 11 is 1.32. The van der Waals surface area contributed by atoms with Gasteiger partial charge in [0.25, 0.3) is 5.22 Å². The molecule has 1 aromatic heterocycles. The predicted octanol–water partition coefficient (Wildman–Crippen LogP) is 2.12. The molecule has 0 amide bonds. The first-order valence-corrected chi connectivity index (χ1v) is 5.43. The van der Waals surface area contributed by atoms with Gasteiger partial charge in [0.15, 0.2) is 0 Å². The molecule has 0 fully saturated rings. The highest BCUT2D eigenvalue weighted by Gasteiger charge is 2.10. The van der Waals surface area contributed by atoms with Crippen LogP contribution in [-0.4, -0.2) is 17.3 Å². The average Bonchev–Trinajstić information content (AvgIpc) is 2.67. The zero-order valence-corrected chi connectivity index (χ0v) is 9.75. The minimum atomic E-state index is 0.470. The minimum Gasteiger partial charge on any atom is -0.495 e. The van der Waals surface area contributed by atoms with Crippen molar-refractivity contribution < 1.29 is 9.15 Å². The van der Waals surface area contributed by atoms with E-state index >= 15 is 0 Å². The zero-order chi connectivity index (χ0) is 11.5. The Morgan fingerprint density at radius 1 is 1.38 bits per heavy atom. The molecule has 84 valence electrons. The maximum atomic E-state index is 5.91. The largest absolute Gasteiger partial charge is 0.495 e. The van der Waals surface area contributed by atoms with Crippen LogP contribution in [0.4, 0.5) is 5.69 Å². The first-order chi connectivity index (χ1) is 7.70. The van der Waals surface area contributed by atoms with E-state index in [1.54, 1.807) is 20.1 Å². The summed E-state index contributed by atoms with van der Waals surface area (Å²) < 4.78 is 10.4. The molecular formula is C10H11N3O2S. The van der Waals surface area contributed by atoms with Crippen LogP contribution >= 0.6 is 11.8 Å². The molecule has 2 aromatic rings. The molecule has 5 nitrogen and oxygen atoms in total. The number of hydrogen-bond acceptors (Lipinski definition) is 6. The third kappa shape index (κ3) is 2.11. The number of aromatic nitrogens is 2. The SMILES string of the molecule is COc1cccc(Sc2nnc(C)o2)c1N. The molecule has 6 heteroatoms. The van der Waals surface area contributed by atoms with E-state index in [4.69, 9.17) is 14.9 Å². The number of anilines is 1. The van der Waals surface area contributed by atoms with Gasteiger partial charge in [-0.25, -0.2) is 0 Å². The number of hydrogen-bond donors (Lipinski definition) is 1. The molecule has 16 heavy (non-hydrogen) atoms. The molecule has 2 N–H and O–H groups in total. The zero-order valence-electron chi connectivity index (χ0n) is 8.93. The predicted molar refractivity (Wildman–Crippen MR) is 60.6 cm³/mol. The first kappa shape index (κ1) is 10.8. The maximum absolute atomic E-state index is 5.91. The maximum Gasteiger partial charge on any atom is 0.281 e. The number of nitrogen functional groups attached to an aromatic ring is 1. The van der Waals surface area contributed by atoms with E-state index in [2.05, 4.69) is 10.2 Å². The van der Waals surface area contributed by atoms with Crippen LogP contribution in [0.15, 0.2) is 32.7 Å². The van der Waals surface area contributed by atoms with Crippen LogP contribution in [0.25, 0.3) is 0 Å². The van der Waals surface area contributed by atoms with Crippen molar-refractivity contribution in [3.05, 3.63) is 24.1 Å². The van der Waals surface area contributed by atoms with Crippen molar-refractivity contribution in [1.82, 2.24) is 10.2 Å². The summed E-state index contributed by atoms with van der Waals surface area (Å²) in [5.41, 5.74) is 6.49. The van der Waals surface area contributed by atoms with E-state index < -0.39 is 0 Å². The topological polar surface area (TPSA) is 74.2 Å². The first-order valence-electron chi connectivity index (χ1n) is 4.61. The van der Waals surface area contributed by atoms with Gasteiger partial charge in [0, 0.05) is 11.8 Å². The fraction of sp³-hybridized carbons (Fsp3) is 0.200. The van der Waals surface area contributed by atoms with E-state index in [-0.39, 0.29) is 0 Å². The fourth-order valence-electron chi connectivity index (χ4n) is 1.20. The number of nitrogens with two attached hydrogens (primary N) is 1. The lowest BCUT2D eigenvalue weighted by Gasteiger charge is -2.07. The summed E-state index contributed by atoms with van der Waals surface area (Å²) in [7, 11) is 1.58. The number of rotatable bonds is 3. The van der Waals surface area contributed by atoms with Crippen molar-refractivity contribution in [1.29, 1.82) is 0 Å². The van der Waals surface area contributed by atoms with Crippen LogP contribution in [0, 0.1) is 6.92 Å². The number of aryl methyl sites for hydroxylation is 1. The second kappa shape index (κ2) is 4.44. The van der Waals surface area contributed by atoms with Crippen molar-refractivity contribution in [3.63, 3.8) is 0 Å². The Kier molecular flexibility index (Phi) is 3.00. The molecule has 1 aromatic carbocycles. The number of para-hydroxylation sites is 1. The summed E-state index contributed by atoms with van der Waals surface area (Å²) in [6.07, 6.45) is 0. The Bertz CT molecular complexity index is 499. The Balaban J connectivity index is 2.28. The Labute approximate surface area is 97.0 Å². The highest BCUT2D eigenvalue weighted by atomic mass is 32.2. The number of nitrogens with zero attached hydrogens (tertiary/aromatic N) is 2. The Morgan fingerprint density at radius 2 is 2.19 bits per heavy atom. The van der Waals surface area contributed by atoms with Gasteiger partial charge in [-0.1, -0.05) is 6.07 Å². The van der Waals surface area contributed by atoms with Crippen molar-refractivity contribution in [3.8, 4) is 5.75 Å². The van der Waals surface area contributed by atoms with E-state index in [0.29, 0.717) is 22.6 Å². The second-order valence-electron chi connectivity index (χ2n) is 3.06. The molecule has 0 bridgehead atoms. The van der Waals surface area contributed by atoms with Crippen LogP contribution in [-0.2, 0) is 0 Å². The molecule has 0 aliphatic carbocycles. The molecule has 0 unspecified atom stereocenters. The molecule has 0 atom stereocenters. The minimum absolute atomic E-state index is 0.470. The van der Waals surface area contributed by atoms with Crippen LogP contribution in [0.2, 0.25) is 0 Å². The van der Waals surface area contributed by atoms with Crippen LogP contribution in [0.1, 0.15) is 5.89 Å². The summed E-state index contributed by atoms with van der Waals surface area (Å²) in [4.78, 5) is 0.836. The normalized spacial score (nSPS) is 10.4. The van der Waals surface area contributed by atoms with Crippen molar-refractivity contribution >= 4 is 17.4 Å². The molecule has 1 heterocycles. The van der Waals surface area contributed by atoms with Gasteiger partial charge < -0.3 is 14.9 Å². The van der Waals surface area contributed by atoms with Crippen molar-refractivity contribution in [2.24, 2.45) is 0 Å². The smallest absolute Gasteiger partial charge is 0.281 e. The van der Waals surface area contributed by atoms with Crippen LogP contribution in [0.3, 0.4) is 0 Å². The van der Waals surface area contributed by atoms with Gasteiger partial charge >= 0.3 is 0 Å². The lowest BCUT2D eigenvalue weighted by molar-refractivity contribution is 0.416.